The van der Waals surface area contributed by atoms with Crippen molar-refractivity contribution in [3.63, 3.8) is 0 Å². The summed E-state index contributed by atoms with van der Waals surface area (Å²) in [7, 11) is 0. The molecule has 0 aromatic heterocycles. The van der Waals surface area contributed by atoms with Crippen LogP contribution in [0.25, 0.3) is 0 Å². The minimum Gasteiger partial charge on any atom is -0.489 e. The van der Waals surface area contributed by atoms with E-state index < -0.39 is 0 Å². The Morgan fingerprint density at radius 3 is 2.60 bits per heavy atom. The number of hydrogen-bond donors (Lipinski definition) is 0. The van der Waals surface area contributed by atoms with Crippen molar-refractivity contribution in [1.82, 2.24) is 0 Å². The van der Waals surface area contributed by atoms with E-state index in [4.69, 9.17) is 4.74 Å². The fourth-order valence-electron chi connectivity index (χ4n) is 1.91. The standard InChI is InChI=1S/C17H17BrO2/c1-2-6-17(19)15-11-14(9-10-16(15)18)20-12-13-7-4-3-5-8-13/h3-5,7-11H,2,6,12H2,1H3. The maximum atomic E-state index is 12.0. The van der Waals surface area contributed by atoms with E-state index in [0.29, 0.717) is 18.6 Å². The molecule has 0 spiro atoms. The van der Waals surface area contributed by atoms with Crippen LogP contribution >= 0.6 is 15.9 Å². The van der Waals surface area contributed by atoms with Crippen LogP contribution < -0.4 is 4.74 Å². The topological polar surface area (TPSA) is 26.3 Å². The lowest BCUT2D eigenvalue weighted by Crippen LogP contribution is -2.01. The number of Topliss-reactive ketones (excluding diaryl/α,β-unsaturated/α-hetero) is 1. The van der Waals surface area contributed by atoms with Gasteiger partial charge in [-0.25, -0.2) is 0 Å². The van der Waals surface area contributed by atoms with Gasteiger partial charge in [-0.05, 0) is 30.2 Å². The van der Waals surface area contributed by atoms with Crippen molar-refractivity contribution in [1.29, 1.82) is 0 Å². The number of benzene rings is 2. The van der Waals surface area contributed by atoms with Gasteiger partial charge >= 0.3 is 0 Å². The predicted molar refractivity (Wildman–Crippen MR) is 84.2 cm³/mol. The normalized spacial score (nSPS) is 10.3. The highest BCUT2D eigenvalue weighted by atomic mass is 79.9. The Bertz CT molecular complexity index is 579. The van der Waals surface area contributed by atoms with Crippen LogP contribution in [0.5, 0.6) is 5.75 Å². The molecule has 0 saturated carbocycles. The monoisotopic (exact) mass is 332 g/mol. The van der Waals surface area contributed by atoms with Crippen LogP contribution in [0.15, 0.2) is 53.0 Å². The summed E-state index contributed by atoms with van der Waals surface area (Å²) >= 11 is 3.42. The second kappa shape index (κ2) is 7.25. The molecule has 2 rings (SSSR count). The van der Waals surface area contributed by atoms with Gasteiger partial charge in [0.05, 0.1) is 0 Å². The average molecular weight is 333 g/mol. The molecule has 20 heavy (non-hydrogen) atoms. The largest absolute Gasteiger partial charge is 0.489 e. The molecule has 0 atom stereocenters. The zero-order valence-electron chi connectivity index (χ0n) is 11.4. The molecule has 0 unspecified atom stereocenters. The second-order valence-electron chi connectivity index (χ2n) is 4.59. The number of rotatable bonds is 6. The Hall–Kier alpha value is -1.61. The van der Waals surface area contributed by atoms with E-state index in [1.807, 2.05) is 55.5 Å². The van der Waals surface area contributed by atoms with E-state index in [0.717, 1.165) is 22.2 Å². The molecule has 0 radical (unpaired) electrons. The molecular weight excluding hydrogens is 316 g/mol. The highest BCUT2D eigenvalue weighted by molar-refractivity contribution is 9.10. The van der Waals surface area contributed by atoms with Gasteiger partial charge in [-0.3, -0.25) is 4.79 Å². The summed E-state index contributed by atoms with van der Waals surface area (Å²) in [5.41, 5.74) is 1.80. The van der Waals surface area contributed by atoms with Crippen LogP contribution in [0.1, 0.15) is 35.7 Å². The van der Waals surface area contributed by atoms with E-state index in [2.05, 4.69) is 15.9 Å². The van der Waals surface area contributed by atoms with Crippen molar-refractivity contribution < 1.29 is 9.53 Å². The number of carbonyl (C=O) groups excluding carboxylic acids is 1. The molecule has 0 heterocycles. The first-order chi connectivity index (χ1) is 9.70. The van der Waals surface area contributed by atoms with Crippen LogP contribution in [-0.4, -0.2) is 5.78 Å². The molecule has 2 aromatic rings. The Morgan fingerprint density at radius 1 is 1.15 bits per heavy atom. The fraction of sp³-hybridized carbons (Fsp3) is 0.235. The molecule has 0 aliphatic carbocycles. The Kier molecular flexibility index (Phi) is 5.36. The molecule has 0 amide bonds. The number of ketones is 1. The summed E-state index contributed by atoms with van der Waals surface area (Å²) in [6, 6.07) is 15.5. The lowest BCUT2D eigenvalue weighted by Gasteiger charge is -2.09. The summed E-state index contributed by atoms with van der Waals surface area (Å²) in [5, 5.41) is 0. The molecule has 104 valence electrons. The highest BCUT2D eigenvalue weighted by Crippen LogP contribution is 2.24. The smallest absolute Gasteiger partial charge is 0.164 e. The Balaban J connectivity index is 2.09. The third-order valence-electron chi connectivity index (χ3n) is 2.96. The molecule has 0 fully saturated rings. The van der Waals surface area contributed by atoms with Gasteiger partial charge in [-0.15, -0.1) is 0 Å². The van der Waals surface area contributed by atoms with Gasteiger partial charge in [0.2, 0.25) is 0 Å². The van der Waals surface area contributed by atoms with Gasteiger partial charge in [0.15, 0.2) is 5.78 Å². The van der Waals surface area contributed by atoms with E-state index in [9.17, 15) is 4.79 Å². The first kappa shape index (κ1) is 14.8. The molecule has 0 bridgehead atoms. The summed E-state index contributed by atoms with van der Waals surface area (Å²) in [4.78, 5) is 12.0. The molecule has 0 aliphatic heterocycles. The van der Waals surface area contributed by atoms with Gasteiger partial charge in [0.1, 0.15) is 12.4 Å². The average Bonchev–Trinajstić information content (AvgIpc) is 2.47. The molecule has 0 aliphatic rings. The fourth-order valence-corrected chi connectivity index (χ4v) is 2.38. The van der Waals surface area contributed by atoms with Crippen molar-refractivity contribution in [3.8, 4) is 5.75 Å². The van der Waals surface area contributed by atoms with E-state index in [-0.39, 0.29) is 5.78 Å². The van der Waals surface area contributed by atoms with Crippen molar-refractivity contribution in [3.05, 3.63) is 64.1 Å². The summed E-state index contributed by atoms with van der Waals surface area (Å²) < 4.78 is 6.57. The SMILES string of the molecule is CCCC(=O)c1cc(OCc2ccccc2)ccc1Br. The van der Waals surface area contributed by atoms with Crippen LogP contribution in [0.3, 0.4) is 0 Å². The number of carbonyl (C=O) groups is 1. The number of halogens is 1. The maximum Gasteiger partial charge on any atom is 0.164 e. The van der Waals surface area contributed by atoms with E-state index in [1.54, 1.807) is 0 Å². The molecule has 2 aromatic carbocycles. The lowest BCUT2D eigenvalue weighted by molar-refractivity contribution is 0.0980. The van der Waals surface area contributed by atoms with Crippen LogP contribution in [-0.2, 0) is 6.61 Å². The minimum absolute atomic E-state index is 0.143. The van der Waals surface area contributed by atoms with Gasteiger partial charge in [-0.1, -0.05) is 53.2 Å². The Morgan fingerprint density at radius 2 is 1.90 bits per heavy atom. The first-order valence-corrected chi connectivity index (χ1v) is 7.49. The third kappa shape index (κ3) is 3.94. The predicted octanol–water partition coefficient (Wildman–Crippen LogP) is 5.01. The maximum absolute atomic E-state index is 12.0. The summed E-state index contributed by atoms with van der Waals surface area (Å²) in [6.45, 7) is 2.51. The minimum atomic E-state index is 0.143. The highest BCUT2D eigenvalue weighted by Gasteiger charge is 2.10. The zero-order chi connectivity index (χ0) is 14.4. The third-order valence-corrected chi connectivity index (χ3v) is 3.66. The summed E-state index contributed by atoms with van der Waals surface area (Å²) in [6.07, 6.45) is 1.40. The molecule has 0 saturated heterocycles. The van der Waals surface area contributed by atoms with Crippen molar-refractivity contribution in [2.75, 3.05) is 0 Å². The van der Waals surface area contributed by atoms with Crippen LogP contribution in [0, 0.1) is 0 Å². The van der Waals surface area contributed by atoms with Gasteiger partial charge in [-0.2, -0.15) is 0 Å². The Labute approximate surface area is 127 Å². The molecule has 3 heteroatoms. The van der Waals surface area contributed by atoms with E-state index in [1.165, 1.54) is 0 Å². The van der Waals surface area contributed by atoms with E-state index >= 15 is 0 Å². The molecule has 0 N–H and O–H groups in total. The molecular formula is C17H17BrO2. The summed E-state index contributed by atoms with van der Waals surface area (Å²) in [5.74, 6) is 0.862. The van der Waals surface area contributed by atoms with Crippen molar-refractivity contribution in [2.24, 2.45) is 0 Å². The zero-order valence-corrected chi connectivity index (χ0v) is 13.0. The lowest BCUT2D eigenvalue weighted by atomic mass is 10.1. The molecule has 2 nitrogen and oxygen atoms in total. The van der Waals surface area contributed by atoms with Crippen LogP contribution in [0.4, 0.5) is 0 Å². The van der Waals surface area contributed by atoms with Gasteiger partial charge in [0.25, 0.3) is 0 Å². The number of ether oxygens (including phenoxy) is 1. The van der Waals surface area contributed by atoms with Crippen molar-refractivity contribution >= 4 is 21.7 Å². The first-order valence-electron chi connectivity index (χ1n) is 6.70. The van der Waals surface area contributed by atoms with Crippen molar-refractivity contribution in [2.45, 2.75) is 26.4 Å². The second-order valence-corrected chi connectivity index (χ2v) is 5.44. The van der Waals surface area contributed by atoms with Crippen LogP contribution in [0.2, 0.25) is 0 Å². The number of hydrogen-bond acceptors (Lipinski definition) is 2. The van der Waals surface area contributed by atoms with Gasteiger partial charge < -0.3 is 4.74 Å². The van der Waals surface area contributed by atoms with Gasteiger partial charge in [0, 0.05) is 16.5 Å². The quantitative estimate of drug-likeness (QED) is 0.695.